The lowest BCUT2D eigenvalue weighted by Crippen LogP contribution is -2.25. The summed E-state index contributed by atoms with van der Waals surface area (Å²) in [6.45, 7) is 2.21. The number of aromatic nitrogens is 1. The molecule has 0 amide bonds. The molecule has 2 atom stereocenters. The van der Waals surface area contributed by atoms with Crippen molar-refractivity contribution in [2.75, 3.05) is 0 Å². The molecule has 1 heterocycles. The molecular formula is C16H22N2. The van der Waals surface area contributed by atoms with E-state index < -0.39 is 0 Å². The molecule has 2 aromatic rings. The van der Waals surface area contributed by atoms with Crippen molar-refractivity contribution in [3.05, 3.63) is 35.5 Å². The molecule has 0 aliphatic heterocycles. The second kappa shape index (κ2) is 4.77. The number of fused-ring (bicyclic) bond motifs is 1. The van der Waals surface area contributed by atoms with E-state index in [-0.39, 0.29) is 0 Å². The smallest absolute Gasteiger partial charge is 0.0489 e. The van der Waals surface area contributed by atoms with Crippen molar-refractivity contribution in [1.29, 1.82) is 0 Å². The SMILES string of the molecule is CCc1cccc2c(CC3CCCC3N)c[nH]c12. The van der Waals surface area contributed by atoms with Crippen molar-refractivity contribution in [2.24, 2.45) is 11.7 Å². The van der Waals surface area contributed by atoms with Crippen molar-refractivity contribution in [3.63, 3.8) is 0 Å². The maximum Gasteiger partial charge on any atom is 0.0489 e. The van der Waals surface area contributed by atoms with Crippen LogP contribution in [-0.2, 0) is 12.8 Å². The van der Waals surface area contributed by atoms with Crippen molar-refractivity contribution in [3.8, 4) is 0 Å². The fraction of sp³-hybridized carbons (Fsp3) is 0.500. The molecule has 1 aliphatic rings. The third-order valence-corrected chi connectivity index (χ3v) is 4.47. The average molecular weight is 242 g/mol. The predicted octanol–water partition coefficient (Wildman–Crippen LogP) is 3.40. The van der Waals surface area contributed by atoms with Crippen LogP contribution in [0.4, 0.5) is 0 Å². The summed E-state index contributed by atoms with van der Waals surface area (Å²) in [4.78, 5) is 3.46. The minimum atomic E-state index is 0.407. The molecule has 1 aliphatic carbocycles. The van der Waals surface area contributed by atoms with Gasteiger partial charge < -0.3 is 10.7 Å². The number of H-pyrrole nitrogens is 1. The van der Waals surface area contributed by atoms with Crippen LogP contribution in [-0.4, -0.2) is 11.0 Å². The summed E-state index contributed by atoms with van der Waals surface area (Å²) >= 11 is 0. The van der Waals surface area contributed by atoms with Gasteiger partial charge in [-0.15, -0.1) is 0 Å². The zero-order chi connectivity index (χ0) is 12.5. The van der Waals surface area contributed by atoms with Gasteiger partial charge in [0.1, 0.15) is 0 Å². The summed E-state index contributed by atoms with van der Waals surface area (Å²) in [6.07, 6.45) is 8.20. The molecule has 1 saturated carbocycles. The molecular weight excluding hydrogens is 220 g/mol. The van der Waals surface area contributed by atoms with Crippen LogP contribution < -0.4 is 5.73 Å². The van der Waals surface area contributed by atoms with Gasteiger partial charge in [0.15, 0.2) is 0 Å². The van der Waals surface area contributed by atoms with Crippen molar-refractivity contribution < 1.29 is 0 Å². The minimum Gasteiger partial charge on any atom is -0.361 e. The van der Waals surface area contributed by atoms with Crippen molar-refractivity contribution >= 4 is 10.9 Å². The summed E-state index contributed by atoms with van der Waals surface area (Å²) in [5.41, 5.74) is 10.4. The fourth-order valence-electron chi connectivity index (χ4n) is 3.34. The monoisotopic (exact) mass is 242 g/mol. The van der Waals surface area contributed by atoms with Crippen molar-refractivity contribution in [2.45, 2.75) is 45.1 Å². The van der Waals surface area contributed by atoms with Gasteiger partial charge in [0.05, 0.1) is 0 Å². The predicted molar refractivity (Wildman–Crippen MR) is 76.7 cm³/mol. The van der Waals surface area contributed by atoms with E-state index in [1.807, 2.05) is 0 Å². The molecule has 0 saturated heterocycles. The Kier molecular flexibility index (Phi) is 3.13. The number of para-hydroxylation sites is 1. The topological polar surface area (TPSA) is 41.8 Å². The van der Waals surface area contributed by atoms with E-state index in [2.05, 4.69) is 36.3 Å². The van der Waals surface area contributed by atoms with Gasteiger partial charge in [-0.05, 0) is 42.7 Å². The lowest BCUT2D eigenvalue weighted by molar-refractivity contribution is 0.480. The van der Waals surface area contributed by atoms with E-state index in [0.29, 0.717) is 12.0 Å². The first-order valence-corrected chi connectivity index (χ1v) is 7.13. The van der Waals surface area contributed by atoms with Crippen LogP contribution in [0.25, 0.3) is 10.9 Å². The summed E-state index contributed by atoms with van der Waals surface area (Å²) < 4.78 is 0. The maximum atomic E-state index is 6.19. The van der Waals surface area contributed by atoms with Gasteiger partial charge in [-0.25, -0.2) is 0 Å². The highest BCUT2D eigenvalue weighted by Gasteiger charge is 2.24. The molecule has 3 rings (SSSR count). The van der Waals surface area contributed by atoms with E-state index in [1.165, 1.54) is 41.3 Å². The Bertz CT molecular complexity index is 541. The molecule has 1 aromatic heterocycles. The van der Waals surface area contributed by atoms with Crippen LogP contribution in [0.3, 0.4) is 0 Å². The second-order valence-electron chi connectivity index (χ2n) is 5.57. The highest BCUT2D eigenvalue weighted by molar-refractivity contribution is 5.86. The van der Waals surface area contributed by atoms with Gasteiger partial charge in [-0.3, -0.25) is 0 Å². The van der Waals surface area contributed by atoms with Crippen LogP contribution >= 0.6 is 0 Å². The number of aryl methyl sites for hydroxylation is 1. The lowest BCUT2D eigenvalue weighted by Gasteiger charge is -2.14. The largest absolute Gasteiger partial charge is 0.361 e. The molecule has 1 fully saturated rings. The van der Waals surface area contributed by atoms with Crippen molar-refractivity contribution in [1.82, 2.24) is 4.98 Å². The van der Waals surface area contributed by atoms with Gasteiger partial charge in [0, 0.05) is 23.1 Å². The van der Waals surface area contributed by atoms with Crippen LogP contribution in [0.2, 0.25) is 0 Å². The molecule has 2 unspecified atom stereocenters. The molecule has 0 bridgehead atoms. The quantitative estimate of drug-likeness (QED) is 0.851. The molecule has 0 spiro atoms. The van der Waals surface area contributed by atoms with Crippen LogP contribution in [0, 0.1) is 5.92 Å². The van der Waals surface area contributed by atoms with E-state index >= 15 is 0 Å². The average Bonchev–Trinajstić information content (AvgIpc) is 2.97. The number of hydrogen-bond donors (Lipinski definition) is 2. The fourth-order valence-corrected chi connectivity index (χ4v) is 3.34. The van der Waals surface area contributed by atoms with E-state index in [9.17, 15) is 0 Å². The van der Waals surface area contributed by atoms with Crippen LogP contribution in [0.1, 0.15) is 37.3 Å². The zero-order valence-electron chi connectivity index (χ0n) is 11.1. The second-order valence-corrected chi connectivity index (χ2v) is 5.57. The number of nitrogens with one attached hydrogen (secondary N) is 1. The Balaban J connectivity index is 1.93. The van der Waals surface area contributed by atoms with Gasteiger partial charge >= 0.3 is 0 Å². The van der Waals surface area contributed by atoms with Gasteiger partial charge in [-0.1, -0.05) is 31.5 Å². The Morgan fingerprint density at radius 2 is 2.17 bits per heavy atom. The highest BCUT2D eigenvalue weighted by Crippen LogP contribution is 2.30. The maximum absolute atomic E-state index is 6.19. The van der Waals surface area contributed by atoms with E-state index in [4.69, 9.17) is 5.73 Å². The minimum absolute atomic E-state index is 0.407. The Morgan fingerprint density at radius 1 is 1.28 bits per heavy atom. The van der Waals surface area contributed by atoms with E-state index in [0.717, 1.165) is 12.8 Å². The Morgan fingerprint density at radius 3 is 2.89 bits per heavy atom. The molecule has 1 aromatic carbocycles. The Hall–Kier alpha value is -1.28. The standard InChI is InChI=1S/C16H22N2/c1-2-11-5-3-7-14-13(10-18-16(11)14)9-12-6-4-8-15(12)17/h3,5,7,10,12,15,18H,2,4,6,8-9,17H2,1H3. The summed E-state index contributed by atoms with van der Waals surface area (Å²) in [5, 5.41) is 1.40. The van der Waals surface area contributed by atoms with Gasteiger partial charge in [0.25, 0.3) is 0 Å². The normalized spacial score (nSPS) is 23.9. The summed E-state index contributed by atoms with van der Waals surface area (Å²) in [7, 11) is 0. The Labute approximate surface area is 109 Å². The lowest BCUT2D eigenvalue weighted by atomic mass is 9.94. The molecule has 0 radical (unpaired) electrons. The zero-order valence-corrected chi connectivity index (χ0v) is 11.1. The molecule has 18 heavy (non-hydrogen) atoms. The summed E-state index contributed by atoms with van der Waals surface area (Å²) in [6, 6.07) is 7.03. The first-order chi connectivity index (χ1) is 8.79. The molecule has 3 N–H and O–H groups in total. The molecule has 2 nitrogen and oxygen atoms in total. The third-order valence-electron chi connectivity index (χ3n) is 4.47. The number of hydrogen-bond acceptors (Lipinski definition) is 1. The van der Waals surface area contributed by atoms with Gasteiger partial charge in [0.2, 0.25) is 0 Å². The highest BCUT2D eigenvalue weighted by atomic mass is 14.7. The van der Waals surface area contributed by atoms with E-state index in [1.54, 1.807) is 0 Å². The first kappa shape index (κ1) is 11.8. The molecule has 96 valence electrons. The van der Waals surface area contributed by atoms with Crippen LogP contribution in [0.15, 0.2) is 24.4 Å². The van der Waals surface area contributed by atoms with Crippen LogP contribution in [0.5, 0.6) is 0 Å². The summed E-state index contributed by atoms with van der Waals surface area (Å²) in [5.74, 6) is 0.675. The molecule has 2 heteroatoms. The number of nitrogens with two attached hydrogens (primary N) is 1. The number of benzene rings is 1. The third kappa shape index (κ3) is 1.95. The van der Waals surface area contributed by atoms with Gasteiger partial charge in [-0.2, -0.15) is 0 Å². The number of aromatic amines is 1. The first-order valence-electron chi connectivity index (χ1n) is 7.13. The number of rotatable bonds is 3.